The van der Waals surface area contributed by atoms with Crippen molar-refractivity contribution < 1.29 is 4.52 Å². The van der Waals surface area contributed by atoms with Gasteiger partial charge in [-0.1, -0.05) is 11.2 Å². The van der Waals surface area contributed by atoms with Crippen molar-refractivity contribution in [2.45, 2.75) is 19.7 Å². The molecule has 1 heterocycles. The van der Waals surface area contributed by atoms with E-state index in [-0.39, 0.29) is 5.88 Å². The normalized spacial score (nSPS) is 10.6. The van der Waals surface area contributed by atoms with E-state index >= 15 is 0 Å². The van der Waals surface area contributed by atoms with Gasteiger partial charge in [0.25, 0.3) is 5.89 Å². The Balaban J connectivity index is 2.40. The van der Waals surface area contributed by atoms with Gasteiger partial charge in [-0.05, 0) is 37.1 Å². The van der Waals surface area contributed by atoms with Crippen LogP contribution in [0.3, 0.4) is 0 Å². The summed E-state index contributed by atoms with van der Waals surface area (Å²) in [7, 11) is 0. The molecule has 0 bridgehead atoms. The van der Waals surface area contributed by atoms with Crippen molar-refractivity contribution >= 4 is 11.6 Å². The lowest BCUT2D eigenvalue weighted by atomic mass is 10.1. The standard InChI is InChI=1S/C11H11ClN2O/c1-7-3-4-9(5-8(7)2)11-13-10(6-12)14-15-11/h3-5H,6H2,1-2H3. The molecule has 1 aromatic carbocycles. The van der Waals surface area contributed by atoms with Crippen LogP contribution < -0.4 is 0 Å². The summed E-state index contributed by atoms with van der Waals surface area (Å²) < 4.78 is 5.09. The van der Waals surface area contributed by atoms with E-state index < -0.39 is 0 Å². The van der Waals surface area contributed by atoms with Crippen molar-refractivity contribution in [2.75, 3.05) is 0 Å². The Kier molecular flexibility index (Phi) is 2.73. The first-order chi connectivity index (χ1) is 7.20. The summed E-state index contributed by atoms with van der Waals surface area (Å²) in [6.07, 6.45) is 0. The Hall–Kier alpha value is -1.35. The SMILES string of the molecule is Cc1ccc(-c2nc(CCl)no2)cc1C. The van der Waals surface area contributed by atoms with E-state index in [2.05, 4.69) is 24.0 Å². The second-order valence-corrected chi connectivity index (χ2v) is 3.72. The van der Waals surface area contributed by atoms with Gasteiger partial charge in [-0.2, -0.15) is 4.98 Å². The van der Waals surface area contributed by atoms with Crippen LogP contribution in [0.4, 0.5) is 0 Å². The van der Waals surface area contributed by atoms with E-state index in [1.807, 2.05) is 18.2 Å². The first-order valence-electron chi connectivity index (χ1n) is 4.67. The molecule has 0 saturated heterocycles. The highest BCUT2D eigenvalue weighted by atomic mass is 35.5. The fourth-order valence-corrected chi connectivity index (χ4v) is 1.41. The molecule has 2 aromatic rings. The number of aromatic nitrogens is 2. The Morgan fingerprint density at radius 3 is 2.67 bits per heavy atom. The van der Waals surface area contributed by atoms with Crippen LogP contribution in [0.1, 0.15) is 17.0 Å². The molecule has 0 aliphatic heterocycles. The predicted octanol–water partition coefficient (Wildman–Crippen LogP) is 3.09. The monoisotopic (exact) mass is 222 g/mol. The molecule has 3 nitrogen and oxygen atoms in total. The Morgan fingerprint density at radius 2 is 2.07 bits per heavy atom. The predicted molar refractivity (Wildman–Crippen MR) is 58.8 cm³/mol. The molecule has 2 rings (SSSR count). The zero-order valence-electron chi connectivity index (χ0n) is 8.62. The molecule has 0 N–H and O–H groups in total. The minimum absolute atomic E-state index is 0.272. The second kappa shape index (κ2) is 4.03. The average Bonchev–Trinajstić information content (AvgIpc) is 2.70. The highest BCUT2D eigenvalue weighted by Gasteiger charge is 2.08. The largest absolute Gasteiger partial charge is 0.334 e. The van der Waals surface area contributed by atoms with Gasteiger partial charge in [-0.3, -0.25) is 0 Å². The van der Waals surface area contributed by atoms with E-state index in [0.717, 1.165) is 5.56 Å². The van der Waals surface area contributed by atoms with E-state index in [0.29, 0.717) is 11.7 Å². The van der Waals surface area contributed by atoms with Crippen LogP contribution in [0.2, 0.25) is 0 Å². The van der Waals surface area contributed by atoms with Crippen LogP contribution >= 0.6 is 11.6 Å². The van der Waals surface area contributed by atoms with Crippen molar-refractivity contribution in [1.29, 1.82) is 0 Å². The summed E-state index contributed by atoms with van der Waals surface area (Å²) in [5, 5.41) is 3.75. The number of hydrogen-bond donors (Lipinski definition) is 0. The third kappa shape index (κ3) is 2.02. The Morgan fingerprint density at radius 1 is 1.27 bits per heavy atom. The van der Waals surface area contributed by atoms with E-state index in [9.17, 15) is 0 Å². The molecule has 15 heavy (non-hydrogen) atoms. The smallest absolute Gasteiger partial charge is 0.257 e. The van der Waals surface area contributed by atoms with Gasteiger partial charge < -0.3 is 4.52 Å². The highest BCUT2D eigenvalue weighted by molar-refractivity contribution is 6.16. The summed E-state index contributed by atoms with van der Waals surface area (Å²) in [6.45, 7) is 4.12. The van der Waals surface area contributed by atoms with Crippen molar-refractivity contribution in [2.24, 2.45) is 0 Å². The van der Waals surface area contributed by atoms with Gasteiger partial charge >= 0.3 is 0 Å². The summed E-state index contributed by atoms with van der Waals surface area (Å²) in [4.78, 5) is 4.16. The number of hydrogen-bond acceptors (Lipinski definition) is 3. The van der Waals surface area contributed by atoms with Crippen LogP contribution in [0, 0.1) is 13.8 Å². The fraction of sp³-hybridized carbons (Fsp3) is 0.273. The van der Waals surface area contributed by atoms with Crippen LogP contribution in [0.5, 0.6) is 0 Å². The zero-order chi connectivity index (χ0) is 10.8. The maximum absolute atomic E-state index is 5.60. The molecule has 0 aliphatic carbocycles. The Labute approximate surface area is 93.1 Å². The van der Waals surface area contributed by atoms with Crippen molar-refractivity contribution in [1.82, 2.24) is 10.1 Å². The van der Waals surface area contributed by atoms with E-state index in [4.69, 9.17) is 16.1 Å². The van der Waals surface area contributed by atoms with Gasteiger partial charge in [-0.25, -0.2) is 0 Å². The van der Waals surface area contributed by atoms with Gasteiger partial charge in [0.2, 0.25) is 0 Å². The first-order valence-corrected chi connectivity index (χ1v) is 5.20. The second-order valence-electron chi connectivity index (χ2n) is 3.45. The topological polar surface area (TPSA) is 38.9 Å². The first kappa shape index (κ1) is 10.2. The molecule has 4 heteroatoms. The molecule has 0 fully saturated rings. The fourth-order valence-electron chi connectivity index (χ4n) is 1.30. The summed E-state index contributed by atoms with van der Waals surface area (Å²) in [6, 6.07) is 6.03. The molecule has 0 amide bonds. The lowest BCUT2D eigenvalue weighted by molar-refractivity contribution is 0.425. The third-order valence-electron chi connectivity index (χ3n) is 2.34. The molecule has 1 aromatic heterocycles. The molecular formula is C11H11ClN2O. The zero-order valence-corrected chi connectivity index (χ0v) is 9.38. The highest BCUT2D eigenvalue weighted by Crippen LogP contribution is 2.20. The molecule has 0 spiro atoms. The van der Waals surface area contributed by atoms with Crippen molar-refractivity contribution in [3.63, 3.8) is 0 Å². The van der Waals surface area contributed by atoms with Crippen LogP contribution in [0.25, 0.3) is 11.5 Å². The lowest BCUT2D eigenvalue weighted by Gasteiger charge is -2.00. The van der Waals surface area contributed by atoms with Gasteiger partial charge in [0.15, 0.2) is 5.82 Å². The van der Waals surface area contributed by atoms with Gasteiger partial charge in [0.05, 0.1) is 5.88 Å². The summed E-state index contributed by atoms with van der Waals surface area (Å²) in [5.74, 6) is 1.31. The number of halogens is 1. The number of nitrogens with zero attached hydrogens (tertiary/aromatic N) is 2. The van der Waals surface area contributed by atoms with Crippen LogP contribution in [-0.4, -0.2) is 10.1 Å². The summed E-state index contributed by atoms with van der Waals surface area (Å²) in [5.41, 5.74) is 3.39. The van der Waals surface area contributed by atoms with Crippen LogP contribution in [-0.2, 0) is 5.88 Å². The third-order valence-corrected chi connectivity index (χ3v) is 2.58. The minimum atomic E-state index is 0.272. The maximum atomic E-state index is 5.60. The number of alkyl halides is 1. The van der Waals surface area contributed by atoms with Gasteiger partial charge in [0.1, 0.15) is 0 Å². The molecule has 78 valence electrons. The quantitative estimate of drug-likeness (QED) is 0.733. The molecule has 0 aliphatic rings. The number of rotatable bonds is 2. The molecular weight excluding hydrogens is 212 g/mol. The maximum Gasteiger partial charge on any atom is 0.257 e. The van der Waals surface area contributed by atoms with Gasteiger partial charge in [0, 0.05) is 5.56 Å². The molecule has 0 radical (unpaired) electrons. The lowest BCUT2D eigenvalue weighted by Crippen LogP contribution is -1.84. The molecule has 0 atom stereocenters. The van der Waals surface area contributed by atoms with Crippen molar-refractivity contribution in [3.05, 3.63) is 35.2 Å². The number of benzene rings is 1. The average molecular weight is 223 g/mol. The summed E-state index contributed by atoms with van der Waals surface area (Å²) >= 11 is 5.60. The number of aryl methyl sites for hydroxylation is 2. The molecule has 0 unspecified atom stereocenters. The Bertz CT molecular complexity index is 479. The van der Waals surface area contributed by atoms with E-state index in [1.165, 1.54) is 11.1 Å². The van der Waals surface area contributed by atoms with Crippen molar-refractivity contribution in [3.8, 4) is 11.5 Å². The van der Waals surface area contributed by atoms with Crippen LogP contribution in [0.15, 0.2) is 22.7 Å². The molecule has 0 saturated carbocycles. The van der Waals surface area contributed by atoms with Gasteiger partial charge in [-0.15, -0.1) is 11.6 Å². The minimum Gasteiger partial charge on any atom is -0.334 e. The van der Waals surface area contributed by atoms with E-state index in [1.54, 1.807) is 0 Å².